The Kier molecular flexibility index (Phi) is 4.42. The second-order valence-corrected chi connectivity index (χ2v) is 6.72. The molecular formula is C19H22ClNO. The minimum absolute atomic E-state index is 0.0858. The summed E-state index contributed by atoms with van der Waals surface area (Å²) < 4.78 is 6.01. The van der Waals surface area contributed by atoms with Gasteiger partial charge in [0, 0.05) is 10.6 Å². The highest BCUT2D eigenvalue weighted by atomic mass is 35.5. The van der Waals surface area contributed by atoms with Gasteiger partial charge < -0.3 is 9.64 Å². The van der Waals surface area contributed by atoms with Gasteiger partial charge >= 0.3 is 0 Å². The van der Waals surface area contributed by atoms with Gasteiger partial charge in [0.2, 0.25) is 0 Å². The van der Waals surface area contributed by atoms with E-state index in [1.807, 2.05) is 12.1 Å². The lowest BCUT2D eigenvalue weighted by Crippen LogP contribution is -2.31. The predicted octanol–water partition coefficient (Wildman–Crippen LogP) is 4.36. The average molecular weight is 316 g/mol. The van der Waals surface area contributed by atoms with Gasteiger partial charge in [0.05, 0.1) is 5.41 Å². The molecule has 2 aromatic carbocycles. The van der Waals surface area contributed by atoms with Crippen molar-refractivity contribution >= 4 is 11.6 Å². The summed E-state index contributed by atoms with van der Waals surface area (Å²) in [4.78, 5) is 2.23. The third kappa shape index (κ3) is 2.86. The standard InChI is InChI=1S/C19H22ClNO/c1-21(2)12-6-11-19(15-7-4-3-5-8-15)14-22-18-10-9-16(20)13-17(18)19/h3-5,7-10,13H,6,11-12,14H2,1-2H3. The van der Waals surface area contributed by atoms with Gasteiger partial charge in [0.25, 0.3) is 0 Å². The Morgan fingerprint density at radius 1 is 1.14 bits per heavy atom. The van der Waals surface area contributed by atoms with Gasteiger partial charge in [-0.05, 0) is 57.2 Å². The van der Waals surface area contributed by atoms with Crippen LogP contribution in [0, 0.1) is 0 Å². The molecule has 1 heterocycles. The first-order valence-electron chi connectivity index (χ1n) is 7.75. The topological polar surface area (TPSA) is 12.5 Å². The predicted molar refractivity (Wildman–Crippen MR) is 92.0 cm³/mol. The number of hydrogen-bond acceptors (Lipinski definition) is 2. The van der Waals surface area contributed by atoms with Crippen molar-refractivity contribution in [3.63, 3.8) is 0 Å². The molecule has 0 bridgehead atoms. The fourth-order valence-electron chi connectivity index (χ4n) is 3.33. The van der Waals surface area contributed by atoms with E-state index < -0.39 is 0 Å². The van der Waals surface area contributed by atoms with Crippen molar-refractivity contribution in [2.75, 3.05) is 27.2 Å². The summed E-state index contributed by atoms with van der Waals surface area (Å²) in [6.45, 7) is 1.77. The van der Waals surface area contributed by atoms with Gasteiger partial charge in [-0.15, -0.1) is 0 Å². The van der Waals surface area contributed by atoms with E-state index in [0.29, 0.717) is 6.61 Å². The number of hydrogen-bond donors (Lipinski definition) is 0. The molecule has 22 heavy (non-hydrogen) atoms. The van der Waals surface area contributed by atoms with Crippen molar-refractivity contribution in [2.45, 2.75) is 18.3 Å². The molecule has 116 valence electrons. The van der Waals surface area contributed by atoms with Crippen molar-refractivity contribution in [1.82, 2.24) is 4.90 Å². The molecule has 0 aliphatic carbocycles. The lowest BCUT2D eigenvalue weighted by Gasteiger charge is -2.29. The maximum Gasteiger partial charge on any atom is 0.123 e. The molecule has 0 N–H and O–H groups in total. The zero-order valence-corrected chi connectivity index (χ0v) is 13.9. The zero-order valence-electron chi connectivity index (χ0n) is 13.2. The highest BCUT2D eigenvalue weighted by molar-refractivity contribution is 6.30. The van der Waals surface area contributed by atoms with Crippen LogP contribution < -0.4 is 4.74 Å². The maximum atomic E-state index is 6.26. The Morgan fingerprint density at radius 2 is 1.91 bits per heavy atom. The Balaban J connectivity index is 2.01. The molecule has 0 saturated carbocycles. The van der Waals surface area contributed by atoms with Gasteiger partial charge in [-0.1, -0.05) is 41.9 Å². The number of ether oxygens (including phenoxy) is 1. The zero-order chi connectivity index (χ0) is 15.6. The lowest BCUT2D eigenvalue weighted by atomic mass is 9.73. The molecule has 3 rings (SSSR count). The smallest absolute Gasteiger partial charge is 0.123 e. The Bertz CT molecular complexity index is 641. The summed E-state index contributed by atoms with van der Waals surface area (Å²) in [7, 11) is 4.23. The van der Waals surface area contributed by atoms with Crippen LogP contribution >= 0.6 is 11.6 Å². The third-order valence-electron chi connectivity index (χ3n) is 4.47. The molecule has 0 spiro atoms. The molecule has 0 aromatic heterocycles. The quantitative estimate of drug-likeness (QED) is 0.813. The highest BCUT2D eigenvalue weighted by Gasteiger charge is 2.41. The van der Waals surface area contributed by atoms with Crippen LogP contribution in [-0.4, -0.2) is 32.1 Å². The van der Waals surface area contributed by atoms with Gasteiger partial charge in [-0.2, -0.15) is 0 Å². The molecular weight excluding hydrogens is 294 g/mol. The van der Waals surface area contributed by atoms with Crippen LogP contribution in [0.15, 0.2) is 48.5 Å². The van der Waals surface area contributed by atoms with E-state index >= 15 is 0 Å². The molecule has 0 fully saturated rings. The lowest BCUT2D eigenvalue weighted by molar-refractivity contribution is 0.270. The van der Waals surface area contributed by atoms with Crippen molar-refractivity contribution in [3.05, 3.63) is 64.7 Å². The summed E-state index contributed by atoms with van der Waals surface area (Å²) in [5, 5.41) is 0.775. The van der Waals surface area contributed by atoms with Crippen molar-refractivity contribution in [3.8, 4) is 5.75 Å². The Morgan fingerprint density at radius 3 is 2.64 bits per heavy atom. The van der Waals surface area contributed by atoms with Crippen molar-refractivity contribution in [2.24, 2.45) is 0 Å². The largest absolute Gasteiger partial charge is 0.492 e. The van der Waals surface area contributed by atoms with Gasteiger partial charge in [-0.3, -0.25) is 0 Å². The van der Waals surface area contributed by atoms with Crippen LogP contribution in [-0.2, 0) is 5.41 Å². The molecule has 3 heteroatoms. The molecule has 2 nitrogen and oxygen atoms in total. The molecule has 1 atom stereocenters. The summed E-state index contributed by atoms with van der Waals surface area (Å²) in [5.74, 6) is 0.970. The van der Waals surface area contributed by atoms with Crippen LogP contribution in [0.3, 0.4) is 0 Å². The summed E-state index contributed by atoms with van der Waals surface area (Å²) in [6, 6.07) is 16.6. The first-order valence-corrected chi connectivity index (χ1v) is 8.13. The van der Waals surface area contributed by atoms with Crippen molar-refractivity contribution in [1.29, 1.82) is 0 Å². The summed E-state index contributed by atoms with van der Waals surface area (Å²) >= 11 is 6.26. The number of benzene rings is 2. The van der Waals surface area contributed by atoms with E-state index in [1.165, 1.54) is 11.1 Å². The molecule has 0 radical (unpaired) electrons. The van der Waals surface area contributed by atoms with Gasteiger partial charge in [-0.25, -0.2) is 0 Å². The Hall–Kier alpha value is -1.51. The van der Waals surface area contributed by atoms with Crippen LogP contribution in [0.1, 0.15) is 24.0 Å². The first-order chi connectivity index (χ1) is 10.6. The van der Waals surface area contributed by atoms with Crippen LogP contribution in [0.4, 0.5) is 0 Å². The monoisotopic (exact) mass is 315 g/mol. The average Bonchev–Trinajstić information content (AvgIpc) is 2.87. The number of nitrogens with zero attached hydrogens (tertiary/aromatic N) is 1. The second-order valence-electron chi connectivity index (χ2n) is 6.28. The first kappa shape index (κ1) is 15.4. The van der Waals surface area contributed by atoms with E-state index in [4.69, 9.17) is 16.3 Å². The van der Waals surface area contributed by atoms with Crippen molar-refractivity contribution < 1.29 is 4.74 Å². The van der Waals surface area contributed by atoms with E-state index in [1.54, 1.807) is 0 Å². The molecule has 2 aromatic rings. The van der Waals surface area contributed by atoms with Gasteiger partial charge in [0.15, 0.2) is 0 Å². The normalized spacial score (nSPS) is 20.0. The van der Waals surface area contributed by atoms with E-state index in [2.05, 4.69) is 55.4 Å². The number of fused-ring (bicyclic) bond motifs is 1. The molecule has 1 unspecified atom stereocenters. The third-order valence-corrected chi connectivity index (χ3v) is 4.70. The highest BCUT2D eigenvalue weighted by Crippen LogP contribution is 2.47. The molecule has 0 amide bonds. The van der Waals surface area contributed by atoms with E-state index in [0.717, 1.165) is 30.2 Å². The minimum atomic E-state index is -0.0858. The fourth-order valence-corrected chi connectivity index (χ4v) is 3.50. The number of rotatable bonds is 5. The van der Waals surface area contributed by atoms with Crippen LogP contribution in [0.2, 0.25) is 5.02 Å². The fraction of sp³-hybridized carbons (Fsp3) is 0.368. The Labute approximate surface area is 137 Å². The summed E-state index contributed by atoms with van der Waals surface area (Å²) in [6.07, 6.45) is 2.18. The van der Waals surface area contributed by atoms with Gasteiger partial charge in [0.1, 0.15) is 12.4 Å². The summed E-state index contributed by atoms with van der Waals surface area (Å²) in [5.41, 5.74) is 2.46. The maximum absolute atomic E-state index is 6.26. The second kappa shape index (κ2) is 6.31. The SMILES string of the molecule is CN(C)CCCC1(c2ccccc2)COc2ccc(Cl)cc21. The van der Waals surface area contributed by atoms with E-state index in [9.17, 15) is 0 Å². The molecule has 1 aliphatic rings. The van der Waals surface area contributed by atoms with Crippen LogP contribution in [0.25, 0.3) is 0 Å². The number of halogens is 1. The molecule has 0 saturated heterocycles. The van der Waals surface area contributed by atoms with E-state index in [-0.39, 0.29) is 5.41 Å². The molecule has 1 aliphatic heterocycles. The van der Waals surface area contributed by atoms with Crippen LogP contribution in [0.5, 0.6) is 5.75 Å². The minimum Gasteiger partial charge on any atom is -0.492 e.